The van der Waals surface area contributed by atoms with Crippen molar-refractivity contribution in [3.05, 3.63) is 49.6 Å². The van der Waals surface area contributed by atoms with Gasteiger partial charge >= 0.3 is 0 Å². The molecule has 0 spiro atoms. The van der Waals surface area contributed by atoms with Gasteiger partial charge in [-0.25, -0.2) is 4.68 Å². The SMILES string of the molecule is Cc1cc(C)c(NC(=O)Cn2nnc3sc4c(c3c2=O)CCC(C(C)(C)C)C4)c(C)c1. The van der Waals surface area contributed by atoms with Gasteiger partial charge in [0, 0.05) is 10.6 Å². The van der Waals surface area contributed by atoms with Crippen molar-refractivity contribution in [2.75, 3.05) is 5.32 Å². The van der Waals surface area contributed by atoms with Crippen LogP contribution in [0.4, 0.5) is 5.69 Å². The van der Waals surface area contributed by atoms with Crippen LogP contribution >= 0.6 is 11.3 Å². The van der Waals surface area contributed by atoms with Crippen molar-refractivity contribution in [2.24, 2.45) is 11.3 Å². The highest BCUT2D eigenvalue weighted by atomic mass is 32.1. The van der Waals surface area contributed by atoms with Gasteiger partial charge < -0.3 is 5.32 Å². The minimum Gasteiger partial charge on any atom is -0.324 e. The van der Waals surface area contributed by atoms with E-state index in [0.29, 0.717) is 16.1 Å². The molecule has 164 valence electrons. The van der Waals surface area contributed by atoms with Crippen molar-refractivity contribution in [2.45, 2.75) is 67.3 Å². The Hall–Kier alpha value is -2.54. The molecular weight excluding hydrogens is 408 g/mol. The molecule has 0 saturated heterocycles. The van der Waals surface area contributed by atoms with Crippen LogP contribution in [0.1, 0.15) is 54.3 Å². The maximum Gasteiger partial charge on any atom is 0.279 e. The minimum atomic E-state index is -0.275. The first kappa shape index (κ1) is 21.7. The summed E-state index contributed by atoms with van der Waals surface area (Å²) in [6.45, 7) is 12.6. The van der Waals surface area contributed by atoms with E-state index in [2.05, 4.69) is 36.4 Å². The zero-order chi connectivity index (χ0) is 22.5. The number of benzene rings is 1. The summed E-state index contributed by atoms with van der Waals surface area (Å²) in [5, 5.41) is 11.9. The predicted molar refractivity (Wildman–Crippen MR) is 126 cm³/mol. The third-order valence-corrected chi connectivity index (χ3v) is 7.54. The number of amides is 1. The Kier molecular flexibility index (Phi) is 5.50. The number of nitrogens with zero attached hydrogens (tertiary/aromatic N) is 3. The van der Waals surface area contributed by atoms with Crippen molar-refractivity contribution in [1.29, 1.82) is 0 Å². The van der Waals surface area contributed by atoms with Crippen LogP contribution in [-0.2, 0) is 24.2 Å². The van der Waals surface area contributed by atoms with E-state index >= 15 is 0 Å². The summed E-state index contributed by atoms with van der Waals surface area (Å²) in [6.07, 6.45) is 2.93. The van der Waals surface area contributed by atoms with Crippen LogP contribution in [0.5, 0.6) is 0 Å². The van der Waals surface area contributed by atoms with E-state index in [4.69, 9.17) is 0 Å². The first-order chi connectivity index (χ1) is 14.5. The van der Waals surface area contributed by atoms with Gasteiger partial charge in [0.25, 0.3) is 5.56 Å². The molecule has 1 N–H and O–H groups in total. The molecule has 6 nitrogen and oxygen atoms in total. The van der Waals surface area contributed by atoms with Crippen molar-refractivity contribution >= 4 is 33.1 Å². The highest BCUT2D eigenvalue weighted by Crippen LogP contribution is 2.41. The summed E-state index contributed by atoms with van der Waals surface area (Å²) >= 11 is 1.58. The molecule has 1 aromatic carbocycles. The zero-order valence-corrected chi connectivity index (χ0v) is 19.9. The van der Waals surface area contributed by atoms with Gasteiger partial charge in [-0.15, -0.1) is 16.4 Å². The van der Waals surface area contributed by atoms with E-state index in [1.807, 2.05) is 32.9 Å². The molecule has 0 fully saturated rings. The summed E-state index contributed by atoms with van der Waals surface area (Å²) in [5.41, 5.74) is 5.07. The second-order valence-electron chi connectivity index (χ2n) is 9.86. The number of hydrogen-bond donors (Lipinski definition) is 1. The maximum absolute atomic E-state index is 13.2. The van der Waals surface area contributed by atoms with Crippen LogP contribution in [0.2, 0.25) is 0 Å². The number of aryl methyl sites for hydroxylation is 4. The second-order valence-corrected chi connectivity index (χ2v) is 10.9. The average Bonchev–Trinajstić information content (AvgIpc) is 3.04. The van der Waals surface area contributed by atoms with Gasteiger partial charge in [-0.1, -0.05) is 43.7 Å². The monoisotopic (exact) mass is 438 g/mol. The first-order valence-electron chi connectivity index (χ1n) is 10.8. The van der Waals surface area contributed by atoms with Crippen LogP contribution in [0.15, 0.2) is 16.9 Å². The Balaban J connectivity index is 1.61. The quantitative estimate of drug-likeness (QED) is 0.650. The van der Waals surface area contributed by atoms with Gasteiger partial charge in [0.15, 0.2) is 4.83 Å². The number of fused-ring (bicyclic) bond motifs is 3. The fourth-order valence-corrected chi connectivity index (χ4v) is 5.90. The number of nitrogens with one attached hydrogen (secondary N) is 1. The van der Waals surface area contributed by atoms with E-state index in [9.17, 15) is 9.59 Å². The third-order valence-electron chi connectivity index (χ3n) is 6.40. The molecule has 1 amide bonds. The third kappa shape index (κ3) is 4.15. The number of hydrogen-bond acceptors (Lipinski definition) is 5. The van der Waals surface area contributed by atoms with Crippen molar-refractivity contribution in [1.82, 2.24) is 15.0 Å². The lowest BCUT2D eigenvalue weighted by Gasteiger charge is -2.33. The molecule has 4 rings (SSSR count). The number of carbonyl (C=O) groups is 1. The van der Waals surface area contributed by atoms with Crippen LogP contribution < -0.4 is 10.9 Å². The number of aromatic nitrogens is 3. The summed E-state index contributed by atoms with van der Waals surface area (Å²) < 4.78 is 1.19. The fourth-order valence-electron chi connectivity index (χ4n) is 4.66. The first-order valence-corrected chi connectivity index (χ1v) is 11.6. The lowest BCUT2D eigenvalue weighted by molar-refractivity contribution is -0.117. The molecule has 0 bridgehead atoms. The van der Waals surface area contributed by atoms with E-state index in [-0.39, 0.29) is 23.4 Å². The molecule has 2 aromatic heterocycles. The molecule has 1 aliphatic carbocycles. The second kappa shape index (κ2) is 7.86. The fraction of sp³-hybridized carbons (Fsp3) is 0.500. The van der Waals surface area contributed by atoms with Crippen molar-refractivity contribution < 1.29 is 4.79 Å². The van der Waals surface area contributed by atoms with Gasteiger partial charge in [0.1, 0.15) is 6.54 Å². The minimum absolute atomic E-state index is 0.149. The molecule has 7 heteroatoms. The van der Waals surface area contributed by atoms with Gasteiger partial charge in [-0.3, -0.25) is 9.59 Å². The number of rotatable bonds is 3. The number of carbonyl (C=O) groups excluding carboxylic acids is 1. The van der Waals surface area contributed by atoms with Crippen molar-refractivity contribution in [3.63, 3.8) is 0 Å². The lowest BCUT2D eigenvalue weighted by atomic mass is 9.72. The molecule has 0 saturated carbocycles. The predicted octanol–water partition coefficient (Wildman–Crippen LogP) is 4.57. The van der Waals surface area contributed by atoms with E-state index < -0.39 is 0 Å². The van der Waals surface area contributed by atoms with E-state index in [1.165, 1.54) is 9.56 Å². The Labute approximate surface area is 186 Å². The average molecular weight is 439 g/mol. The van der Waals surface area contributed by atoms with Crippen LogP contribution in [-0.4, -0.2) is 20.9 Å². The Morgan fingerprint density at radius 3 is 2.55 bits per heavy atom. The Morgan fingerprint density at radius 2 is 1.90 bits per heavy atom. The molecule has 1 atom stereocenters. The molecule has 1 aliphatic rings. The zero-order valence-electron chi connectivity index (χ0n) is 19.1. The van der Waals surface area contributed by atoms with Crippen LogP contribution in [0, 0.1) is 32.1 Å². The Morgan fingerprint density at radius 1 is 1.23 bits per heavy atom. The summed E-state index contributed by atoms with van der Waals surface area (Å²) in [4.78, 5) is 27.8. The lowest BCUT2D eigenvalue weighted by Crippen LogP contribution is -2.31. The summed E-state index contributed by atoms with van der Waals surface area (Å²) in [5.74, 6) is 0.317. The summed E-state index contributed by atoms with van der Waals surface area (Å²) in [7, 11) is 0. The van der Waals surface area contributed by atoms with Gasteiger partial charge in [-0.05, 0) is 68.1 Å². The molecule has 0 radical (unpaired) electrons. The normalized spacial score (nSPS) is 16.4. The standard InChI is InChI=1S/C24H30N4O2S/c1-13-9-14(2)21(15(3)10-13)25-19(29)12-28-23(30)20-17-8-7-16(24(4,5)6)11-18(17)31-22(20)26-27-28/h9-10,16H,7-8,11-12H2,1-6H3,(H,25,29). The molecule has 2 heterocycles. The van der Waals surface area contributed by atoms with Gasteiger partial charge in [0.2, 0.25) is 5.91 Å². The Bertz CT molecular complexity index is 1210. The molecule has 31 heavy (non-hydrogen) atoms. The van der Waals surface area contributed by atoms with Gasteiger partial charge in [-0.2, -0.15) is 0 Å². The molecular formula is C24H30N4O2S. The molecule has 0 aliphatic heterocycles. The van der Waals surface area contributed by atoms with Crippen LogP contribution in [0.25, 0.3) is 10.2 Å². The highest BCUT2D eigenvalue weighted by Gasteiger charge is 2.32. The van der Waals surface area contributed by atoms with Crippen molar-refractivity contribution in [3.8, 4) is 0 Å². The number of anilines is 1. The smallest absolute Gasteiger partial charge is 0.279 e. The maximum atomic E-state index is 13.2. The van der Waals surface area contributed by atoms with E-state index in [1.54, 1.807) is 11.3 Å². The molecule has 1 unspecified atom stereocenters. The number of thiophene rings is 1. The largest absolute Gasteiger partial charge is 0.324 e. The van der Waals surface area contributed by atoms with Crippen LogP contribution in [0.3, 0.4) is 0 Å². The van der Waals surface area contributed by atoms with E-state index in [0.717, 1.165) is 47.2 Å². The summed E-state index contributed by atoms with van der Waals surface area (Å²) in [6, 6.07) is 4.06. The van der Waals surface area contributed by atoms with Gasteiger partial charge in [0.05, 0.1) is 5.39 Å². The highest BCUT2D eigenvalue weighted by molar-refractivity contribution is 7.18. The molecule has 3 aromatic rings. The topological polar surface area (TPSA) is 76.9 Å².